The number of carboxylic acid groups (broad SMARTS) is 1. The van der Waals surface area contributed by atoms with Crippen molar-refractivity contribution in [2.45, 2.75) is 25.8 Å². The zero-order valence-corrected chi connectivity index (χ0v) is 19.1. The normalized spacial score (nSPS) is 19.3. The van der Waals surface area contributed by atoms with E-state index in [1.807, 2.05) is 36.1 Å². The van der Waals surface area contributed by atoms with Crippen LogP contribution in [0.1, 0.15) is 35.4 Å². The fourth-order valence-electron chi connectivity index (χ4n) is 5.36. The first-order valence-electron chi connectivity index (χ1n) is 11.6. The van der Waals surface area contributed by atoms with Gasteiger partial charge >= 0.3 is 5.97 Å². The van der Waals surface area contributed by atoms with Crippen LogP contribution >= 0.6 is 0 Å². The van der Waals surface area contributed by atoms with Crippen LogP contribution in [0.15, 0.2) is 47.7 Å². The zero-order chi connectivity index (χ0) is 24.3. The van der Waals surface area contributed by atoms with Crippen LogP contribution in [0.5, 0.6) is 5.75 Å². The lowest BCUT2D eigenvalue weighted by Gasteiger charge is -2.31. The molecule has 6 rings (SSSR count). The molecule has 35 heavy (non-hydrogen) atoms. The van der Waals surface area contributed by atoms with Crippen LogP contribution in [-0.2, 0) is 6.42 Å². The lowest BCUT2D eigenvalue weighted by molar-refractivity contribution is 0.0694. The minimum absolute atomic E-state index is 0.0240. The molecule has 2 aromatic heterocycles. The Hall–Kier alpha value is -4.01. The summed E-state index contributed by atoms with van der Waals surface area (Å²) in [5, 5.41) is 10.5. The fraction of sp³-hybridized carbons (Fsp3) is 0.308. The number of para-hydroxylation sites is 1. The number of hydrogen-bond acceptors (Lipinski definition) is 6. The molecule has 2 aromatic carbocycles. The molecule has 0 spiro atoms. The summed E-state index contributed by atoms with van der Waals surface area (Å²) < 4.78 is 23.2. The summed E-state index contributed by atoms with van der Waals surface area (Å²) >= 11 is 0. The summed E-state index contributed by atoms with van der Waals surface area (Å²) in [4.78, 5) is 35.3. The van der Waals surface area contributed by atoms with Crippen molar-refractivity contribution in [2.75, 3.05) is 24.6 Å². The maximum Gasteiger partial charge on any atom is 0.341 e. The van der Waals surface area contributed by atoms with Crippen LogP contribution in [0.2, 0.25) is 0 Å². The number of aromatic nitrogens is 3. The molecule has 2 aliphatic heterocycles. The van der Waals surface area contributed by atoms with E-state index in [1.54, 1.807) is 10.9 Å². The van der Waals surface area contributed by atoms with Gasteiger partial charge in [0.05, 0.1) is 28.2 Å². The van der Waals surface area contributed by atoms with E-state index < -0.39 is 17.2 Å². The minimum atomic E-state index is -1.33. The second kappa shape index (κ2) is 8.04. The van der Waals surface area contributed by atoms with Gasteiger partial charge in [-0.15, -0.1) is 0 Å². The second-order valence-corrected chi connectivity index (χ2v) is 9.32. The maximum atomic E-state index is 15.5. The SMILES string of the molecule is C[C@H]1COc2c(N3CC[C@@H](Cc4ncnc5ccccc45)C3)c(F)cc3c(=O)c(C(=O)O)cn1c23. The van der Waals surface area contributed by atoms with Gasteiger partial charge in [0.15, 0.2) is 11.6 Å². The Morgan fingerprint density at radius 3 is 2.91 bits per heavy atom. The predicted molar refractivity (Wildman–Crippen MR) is 129 cm³/mol. The first-order valence-corrected chi connectivity index (χ1v) is 11.6. The molecule has 4 aromatic rings. The quantitative estimate of drug-likeness (QED) is 0.480. The molecule has 9 heteroatoms. The Morgan fingerprint density at radius 2 is 2.09 bits per heavy atom. The number of pyridine rings is 1. The largest absolute Gasteiger partial charge is 0.487 e. The van der Waals surface area contributed by atoms with E-state index in [0.29, 0.717) is 30.0 Å². The van der Waals surface area contributed by atoms with Crippen molar-refractivity contribution in [3.63, 3.8) is 0 Å². The molecule has 1 N–H and O–H groups in total. The highest BCUT2D eigenvalue weighted by atomic mass is 19.1. The molecule has 2 aliphatic rings. The van der Waals surface area contributed by atoms with Crippen LogP contribution in [0.4, 0.5) is 10.1 Å². The summed E-state index contributed by atoms with van der Waals surface area (Å²) in [6, 6.07) is 8.86. The van der Waals surface area contributed by atoms with Gasteiger partial charge in [-0.1, -0.05) is 18.2 Å². The van der Waals surface area contributed by atoms with Crippen LogP contribution in [-0.4, -0.2) is 45.3 Å². The Kier molecular flexibility index (Phi) is 4.94. The summed E-state index contributed by atoms with van der Waals surface area (Å²) in [6.07, 6.45) is 4.53. The maximum absolute atomic E-state index is 15.5. The molecule has 0 amide bonds. The first kappa shape index (κ1) is 21.5. The molecule has 0 aliphatic carbocycles. The third kappa shape index (κ3) is 3.41. The molecule has 1 fully saturated rings. The summed E-state index contributed by atoms with van der Waals surface area (Å²) in [5.41, 5.74) is 1.57. The number of fused-ring (bicyclic) bond motifs is 1. The summed E-state index contributed by atoms with van der Waals surface area (Å²) in [5.74, 6) is -1.35. The number of benzene rings is 2. The fourth-order valence-corrected chi connectivity index (χ4v) is 5.36. The standard InChI is InChI=1S/C26H23FN4O4/c1-14-12-35-25-22-17(24(32)18(26(33)34)11-31(14)22)9-19(27)23(25)30-7-6-15(10-30)8-21-16-4-2-3-5-20(16)28-13-29-21/h2-5,9,11,13-15H,6-8,10,12H2,1H3,(H,33,34)/t14-,15-/m0/s1. The Balaban J connectivity index is 1.39. The number of nitrogens with zero attached hydrogens (tertiary/aromatic N) is 4. The monoisotopic (exact) mass is 474 g/mol. The average Bonchev–Trinajstić information content (AvgIpc) is 3.30. The van der Waals surface area contributed by atoms with Gasteiger partial charge in [0.25, 0.3) is 0 Å². The van der Waals surface area contributed by atoms with Crippen molar-refractivity contribution in [1.29, 1.82) is 0 Å². The molecule has 8 nitrogen and oxygen atoms in total. The van der Waals surface area contributed by atoms with Gasteiger partial charge in [-0.3, -0.25) is 4.79 Å². The topological polar surface area (TPSA) is 97.6 Å². The Bertz CT molecular complexity index is 1560. The van der Waals surface area contributed by atoms with E-state index in [1.165, 1.54) is 6.20 Å². The first-order chi connectivity index (χ1) is 16.9. The number of hydrogen-bond donors (Lipinski definition) is 1. The molecule has 0 radical (unpaired) electrons. The van der Waals surface area contributed by atoms with Crippen molar-refractivity contribution in [2.24, 2.45) is 5.92 Å². The van der Waals surface area contributed by atoms with Crippen LogP contribution in [0.3, 0.4) is 0 Å². The van der Waals surface area contributed by atoms with Crippen molar-refractivity contribution >= 4 is 33.5 Å². The number of ether oxygens (including phenoxy) is 1. The highest BCUT2D eigenvalue weighted by Crippen LogP contribution is 2.43. The molecular formula is C26H23FN4O4. The molecular weight excluding hydrogens is 451 g/mol. The lowest BCUT2D eigenvalue weighted by Crippen LogP contribution is -2.29. The molecule has 0 unspecified atom stereocenters. The third-order valence-electron chi connectivity index (χ3n) is 7.08. The van der Waals surface area contributed by atoms with Crippen molar-refractivity contribution in [3.8, 4) is 5.75 Å². The van der Waals surface area contributed by atoms with Gasteiger partial charge < -0.3 is 19.3 Å². The number of anilines is 1. The molecule has 1 saturated heterocycles. The molecule has 2 atom stereocenters. The Morgan fingerprint density at radius 1 is 1.26 bits per heavy atom. The van der Waals surface area contributed by atoms with Crippen LogP contribution in [0.25, 0.3) is 21.8 Å². The molecule has 178 valence electrons. The van der Waals surface area contributed by atoms with Crippen molar-refractivity contribution < 1.29 is 19.0 Å². The smallest absolute Gasteiger partial charge is 0.341 e. The van der Waals surface area contributed by atoms with Gasteiger partial charge in [0.2, 0.25) is 5.43 Å². The predicted octanol–water partition coefficient (Wildman–Crippen LogP) is 3.80. The highest BCUT2D eigenvalue weighted by Gasteiger charge is 2.33. The Labute approximate surface area is 199 Å². The molecule has 0 saturated carbocycles. The number of rotatable bonds is 4. The van der Waals surface area contributed by atoms with E-state index >= 15 is 4.39 Å². The molecule has 0 bridgehead atoms. The summed E-state index contributed by atoms with van der Waals surface area (Å²) in [6.45, 7) is 3.38. The van der Waals surface area contributed by atoms with Crippen molar-refractivity contribution in [3.05, 3.63) is 70.2 Å². The van der Waals surface area contributed by atoms with E-state index in [4.69, 9.17) is 4.74 Å². The van der Waals surface area contributed by atoms with Gasteiger partial charge in [-0.25, -0.2) is 19.2 Å². The minimum Gasteiger partial charge on any atom is -0.487 e. The van der Waals surface area contributed by atoms with Crippen LogP contribution in [0, 0.1) is 11.7 Å². The van der Waals surface area contributed by atoms with E-state index in [2.05, 4.69) is 9.97 Å². The summed E-state index contributed by atoms with van der Waals surface area (Å²) in [7, 11) is 0. The van der Waals surface area contributed by atoms with Crippen LogP contribution < -0.4 is 15.1 Å². The highest BCUT2D eigenvalue weighted by molar-refractivity contribution is 5.97. The molecule has 4 heterocycles. The number of carboxylic acids is 1. The van der Waals surface area contributed by atoms with Crippen molar-refractivity contribution in [1.82, 2.24) is 14.5 Å². The second-order valence-electron chi connectivity index (χ2n) is 9.32. The number of aromatic carboxylic acids is 1. The van der Waals surface area contributed by atoms with Gasteiger partial charge in [0.1, 0.15) is 24.2 Å². The third-order valence-corrected chi connectivity index (χ3v) is 7.08. The van der Waals surface area contributed by atoms with E-state index in [0.717, 1.165) is 35.5 Å². The number of carbonyl (C=O) groups is 1. The lowest BCUT2D eigenvalue weighted by atomic mass is 10.00. The zero-order valence-electron chi connectivity index (χ0n) is 19.1. The van der Waals surface area contributed by atoms with Gasteiger partial charge in [-0.2, -0.15) is 0 Å². The van der Waals surface area contributed by atoms with E-state index in [9.17, 15) is 14.7 Å². The van der Waals surface area contributed by atoms with Gasteiger partial charge in [-0.05, 0) is 37.8 Å². The average molecular weight is 474 g/mol. The number of halogens is 1. The van der Waals surface area contributed by atoms with E-state index in [-0.39, 0.29) is 29.5 Å². The van der Waals surface area contributed by atoms with Gasteiger partial charge in [0, 0.05) is 24.7 Å².